The highest BCUT2D eigenvalue weighted by Gasteiger charge is 2.42. The molecule has 1 aromatic carbocycles. The molecule has 0 amide bonds. The minimum absolute atomic E-state index is 0.138. The van der Waals surface area contributed by atoms with Gasteiger partial charge in [0.05, 0.1) is 6.10 Å². The Labute approximate surface area is 104 Å². The van der Waals surface area contributed by atoms with E-state index >= 15 is 0 Å². The van der Waals surface area contributed by atoms with E-state index < -0.39 is 0 Å². The van der Waals surface area contributed by atoms with Gasteiger partial charge in [-0.2, -0.15) is 0 Å². The molecule has 0 bridgehead atoms. The molecule has 1 aliphatic heterocycles. The van der Waals surface area contributed by atoms with Crippen molar-refractivity contribution in [2.75, 3.05) is 6.54 Å². The highest BCUT2D eigenvalue weighted by Crippen LogP contribution is 2.34. The minimum atomic E-state index is -0.138. The lowest BCUT2D eigenvalue weighted by Crippen LogP contribution is -2.20. The van der Waals surface area contributed by atoms with E-state index in [2.05, 4.69) is 43.0 Å². The normalized spacial score (nSPS) is 26.5. The van der Waals surface area contributed by atoms with E-state index in [-0.39, 0.29) is 6.10 Å². The van der Waals surface area contributed by atoms with E-state index in [1.165, 1.54) is 5.56 Å². The third-order valence-corrected chi connectivity index (χ3v) is 3.77. The molecular formula is C15H23NO. The summed E-state index contributed by atoms with van der Waals surface area (Å²) in [5, 5.41) is 10.0. The van der Waals surface area contributed by atoms with Gasteiger partial charge >= 0.3 is 0 Å². The molecule has 1 aromatic rings. The maximum Gasteiger partial charge on any atom is 0.0708 e. The van der Waals surface area contributed by atoms with Gasteiger partial charge in [0.15, 0.2) is 0 Å². The summed E-state index contributed by atoms with van der Waals surface area (Å²) in [5.41, 5.74) is 1.35. The summed E-state index contributed by atoms with van der Waals surface area (Å²) >= 11 is 0. The Bertz CT molecular complexity index is 338. The summed E-state index contributed by atoms with van der Waals surface area (Å²) in [6.45, 7) is 5.44. The number of aliphatic hydroxyl groups is 1. The van der Waals surface area contributed by atoms with E-state index in [9.17, 15) is 5.11 Å². The van der Waals surface area contributed by atoms with Gasteiger partial charge in [0.25, 0.3) is 0 Å². The maximum atomic E-state index is 10.0. The quantitative estimate of drug-likeness (QED) is 0.763. The first-order valence-corrected chi connectivity index (χ1v) is 6.72. The first-order chi connectivity index (χ1) is 8.24. The zero-order valence-electron chi connectivity index (χ0n) is 10.8. The summed E-state index contributed by atoms with van der Waals surface area (Å²) in [6.07, 6.45) is 3.10. The molecule has 17 heavy (non-hydrogen) atoms. The Kier molecular flexibility index (Phi) is 4.19. The van der Waals surface area contributed by atoms with Crippen LogP contribution < -0.4 is 0 Å². The molecule has 1 unspecified atom stereocenters. The lowest BCUT2D eigenvalue weighted by molar-refractivity contribution is 0.137. The van der Waals surface area contributed by atoms with Crippen LogP contribution in [0.3, 0.4) is 0 Å². The number of benzene rings is 1. The number of nitrogens with zero attached hydrogens (tertiary/aromatic N) is 1. The van der Waals surface area contributed by atoms with Gasteiger partial charge in [-0.05, 0) is 18.9 Å². The van der Waals surface area contributed by atoms with Crippen LogP contribution in [0.25, 0.3) is 0 Å². The fourth-order valence-electron chi connectivity index (χ4n) is 2.49. The Balaban J connectivity index is 1.86. The molecule has 0 saturated carbocycles. The van der Waals surface area contributed by atoms with E-state index in [1.54, 1.807) is 0 Å². The molecule has 1 aliphatic rings. The molecule has 1 heterocycles. The van der Waals surface area contributed by atoms with Gasteiger partial charge in [0.2, 0.25) is 0 Å². The second kappa shape index (κ2) is 5.65. The number of aliphatic hydroxyl groups excluding tert-OH is 1. The largest absolute Gasteiger partial charge is 0.391 e. The number of rotatable bonds is 6. The highest BCUT2D eigenvalue weighted by atomic mass is 16.3. The van der Waals surface area contributed by atoms with Crippen molar-refractivity contribution in [3.8, 4) is 0 Å². The molecule has 1 saturated heterocycles. The topological polar surface area (TPSA) is 23.2 Å². The van der Waals surface area contributed by atoms with Crippen molar-refractivity contribution in [2.24, 2.45) is 0 Å². The zero-order valence-corrected chi connectivity index (χ0v) is 10.8. The lowest BCUT2D eigenvalue weighted by atomic mass is 10.1. The molecule has 4 atom stereocenters. The maximum absolute atomic E-state index is 10.0. The van der Waals surface area contributed by atoms with Gasteiger partial charge in [-0.1, -0.05) is 50.1 Å². The molecule has 94 valence electrons. The Morgan fingerprint density at radius 3 is 2.71 bits per heavy atom. The first-order valence-electron chi connectivity index (χ1n) is 6.72. The molecule has 2 heteroatoms. The van der Waals surface area contributed by atoms with Crippen molar-refractivity contribution in [2.45, 2.75) is 51.3 Å². The molecule has 0 aliphatic carbocycles. The molecule has 2 nitrogen and oxygen atoms in total. The predicted molar refractivity (Wildman–Crippen MR) is 70.9 cm³/mol. The summed E-state index contributed by atoms with van der Waals surface area (Å²) in [5.74, 6) is 0. The second-order valence-corrected chi connectivity index (χ2v) is 5.06. The summed E-state index contributed by atoms with van der Waals surface area (Å²) in [6, 6.07) is 11.4. The van der Waals surface area contributed by atoms with Crippen LogP contribution in [0.1, 0.15) is 44.7 Å². The third-order valence-electron chi connectivity index (χ3n) is 3.77. The van der Waals surface area contributed by atoms with E-state index in [0.717, 1.165) is 25.8 Å². The summed E-state index contributed by atoms with van der Waals surface area (Å²) in [7, 11) is 0. The minimum Gasteiger partial charge on any atom is -0.391 e. The van der Waals surface area contributed by atoms with Crippen molar-refractivity contribution >= 4 is 0 Å². The van der Waals surface area contributed by atoms with Crippen LogP contribution >= 0.6 is 0 Å². The van der Waals surface area contributed by atoms with Crippen molar-refractivity contribution in [3.63, 3.8) is 0 Å². The Morgan fingerprint density at radius 2 is 2.06 bits per heavy atom. The molecule has 0 radical (unpaired) electrons. The molecule has 0 aromatic heterocycles. The van der Waals surface area contributed by atoms with Crippen LogP contribution in [0, 0.1) is 0 Å². The fourth-order valence-corrected chi connectivity index (χ4v) is 2.49. The molecule has 1 fully saturated rings. The van der Waals surface area contributed by atoms with Crippen LogP contribution in [0.4, 0.5) is 0 Å². The molecular weight excluding hydrogens is 210 g/mol. The number of unbranched alkanes of at least 4 members (excludes halogenated alkanes) is 1. The Hall–Kier alpha value is -0.860. The van der Waals surface area contributed by atoms with Gasteiger partial charge in [-0.3, -0.25) is 4.90 Å². The van der Waals surface area contributed by atoms with Crippen LogP contribution in [0.15, 0.2) is 30.3 Å². The zero-order chi connectivity index (χ0) is 12.3. The summed E-state index contributed by atoms with van der Waals surface area (Å²) in [4.78, 5) is 2.38. The van der Waals surface area contributed by atoms with Gasteiger partial charge in [0.1, 0.15) is 0 Å². The van der Waals surface area contributed by atoms with Gasteiger partial charge in [-0.15, -0.1) is 0 Å². The monoisotopic (exact) mass is 233 g/mol. The van der Waals surface area contributed by atoms with Gasteiger partial charge in [-0.25, -0.2) is 0 Å². The lowest BCUT2D eigenvalue weighted by Gasteiger charge is -2.16. The van der Waals surface area contributed by atoms with Crippen molar-refractivity contribution in [1.29, 1.82) is 0 Å². The molecule has 0 spiro atoms. The van der Waals surface area contributed by atoms with Gasteiger partial charge in [0, 0.05) is 18.6 Å². The average molecular weight is 233 g/mol. The van der Waals surface area contributed by atoms with E-state index in [1.807, 2.05) is 6.07 Å². The van der Waals surface area contributed by atoms with Crippen molar-refractivity contribution in [3.05, 3.63) is 35.9 Å². The van der Waals surface area contributed by atoms with Crippen LogP contribution in [-0.4, -0.2) is 28.7 Å². The predicted octanol–water partition coefficient (Wildman–Crippen LogP) is 2.98. The second-order valence-electron chi connectivity index (χ2n) is 5.06. The molecule has 2 rings (SSSR count). The van der Waals surface area contributed by atoms with Crippen LogP contribution in [0.5, 0.6) is 0 Å². The third kappa shape index (κ3) is 3.08. The molecule has 1 N–H and O–H groups in total. The first kappa shape index (κ1) is 12.6. The van der Waals surface area contributed by atoms with Crippen molar-refractivity contribution in [1.82, 2.24) is 4.90 Å². The van der Waals surface area contributed by atoms with Gasteiger partial charge < -0.3 is 5.11 Å². The van der Waals surface area contributed by atoms with Crippen LogP contribution in [-0.2, 0) is 0 Å². The number of hydrogen-bond acceptors (Lipinski definition) is 2. The highest BCUT2D eigenvalue weighted by molar-refractivity contribution is 5.20. The smallest absolute Gasteiger partial charge is 0.0708 e. The van der Waals surface area contributed by atoms with E-state index in [0.29, 0.717) is 12.1 Å². The SMILES string of the molecule is CCCC[C@H](O)[C@@H]1CN1[C@H](C)c1ccccc1. The number of hydrogen-bond donors (Lipinski definition) is 1. The van der Waals surface area contributed by atoms with Crippen molar-refractivity contribution < 1.29 is 5.11 Å². The fraction of sp³-hybridized carbons (Fsp3) is 0.600. The van der Waals surface area contributed by atoms with E-state index in [4.69, 9.17) is 0 Å². The van der Waals surface area contributed by atoms with Crippen LogP contribution in [0.2, 0.25) is 0 Å². The average Bonchev–Trinajstić information content (AvgIpc) is 3.16. The Morgan fingerprint density at radius 1 is 1.35 bits per heavy atom. The standard InChI is InChI=1S/C15H23NO/c1-3-4-10-15(17)14-11-16(14)12(2)13-8-6-5-7-9-13/h5-9,12,14-15,17H,3-4,10-11H2,1-2H3/t12-,14+,15+,16?/m1/s1. The summed E-state index contributed by atoms with van der Waals surface area (Å²) < 4.78 is 0.